The van der Waals surface area contributed by atoms with Gasteiger partial charge in [0, 0.05) is 9.89 Å². The third-order valence-corrected chi connectivity index (χ3v) is 6.57. The summed E-state index contributed by atoms with van der Waals surface area (Å²) >= 11 is 3.39. The molecule has 0 radical (unpaired) electrons. The number of hydrogen-bond acceptors (Lipinski definition) is 4. The summed E-state index contributed by atoms with van der Waals surface area (Å²) in [5, 5.41) is 4.20. The van der Waals surface area contributed by atoms with Crippen LogP contribution in [0.2, 0.25) is 0 Å². The van der Waals surface area contributed by atoms with Crippen molar-refractivity contribution in [3.63, 3.8) is 0 Å². The Balaban J connectivity index is 1.82. The van der Waals surface area contributed by atoms with Crippen molar-refractivity contribution in [1.29, 1.82) is 0 Å². The molecule has 1 amide bonds. The number of nitrogens with zero attached hydrogens (tertiary/aromatic N) is 1. The number of benzene rings is 1. The second-order valence-corrected chi connectivity index (χ2v) is 8.23. The number of amides is 1. The van der Waals surface area contributed by atoms with Crippen molar-refractivity contribution in [3.8, 4) is 0 Å². The van der Waals surface area contributed by atoms with Gasteiger partial charge in [0.05, 0.1) is 11.1 Å². The predicted molar refractivity (Wildman–Crippen MR) is 94.4 cm³/mol. The zero-order chi connectivity index (χ0) is 17.8. The van der Waals surface area contributed by atoms with E-state index in [1.807, 2.05) is 52.0 Å². The van der Waals surface area contributed by atoms with E-state index in [1.165, 1.54) is 0 Å². The van der Waals surface area contributed by atoms with Gasteiger partial charge in [0.2, 0.25) is 0 Å². The first kappa shape index (κ1) is 17.1. The Morgan fingerprint density at radius 1 is 1.21 bits per heavy atom. The lowest BCUT2D eigenvalue weighted by Crippen LogP contribution is -2.52. The molecule has 24 heavy (non-hydrogen) atoms. The fraction of sp³-hybridized carbons (Fsp3) is 0.500. The maximum absolute atomic E-state index is 12.8. The highest BCUT2D eigenvalue weighted by Crippen LogP contribution is 2.65. The third kappa shape index (κ3) is 2.15. The van der Waals surface area contributed by atoms with Crippen LogP contribution in [0, 0.1) is 10.8 Å². The largest absolute Gasteiger partial charge is 0.448 e. The van der Waals surface area contributed by atoms with E-state index in [0.29, 0.717) is 18.6 Å². The van der Waals surface area contributed by atoms with E-state index in [1.54, 1.807) is 0 Å². The standard InChI is InChI=1S/C18H21BrN2O3/c1-11(12-5-7-13(19)8-6-12)20-21-14(22)18-10-9-17(4,15(23)24-18)16(18,2)3/h5-8H,9-10H2,1-4H3,(H,21,22)/b20-11-/t17-,18-/m1/s1. The van der Waals surface area contributed by atoms with Gasteiger partial charge in [-0.1, -0.05) is 41.9 Å². The van der Waals surface area contributed by atoms with Crippen LogP contribution < -0.4 is 5.43 Å². The maximum Gasteiger partial charge on any atom is 0.313 e. The topological polar surface area (TPSA) is 67.8 Å². The number of carbonyl (C=O) groups excluding carboxylic acids is 2. The number of nitrogens with one attached hydrogen (secondary N) is 1. The van der Waals surface area contributed by atoms with E-state index in [-0.39, 0.29) is 11.9 Å². The Kier molecular flexibility index (Phi) is 3.86. The van der Waals surface area contributed by atoms with Gasteiger partial charge in [0.25, 0.3) is 5.91 Å². The lowest BCUT2D eigenvalue weighted by atomic mass is 9.66. The van der Waals surface area contributed by atoms with Crippen LogP contribution in [0.5, 0.6) is 0 Å². The van der Waals surface area contributed by atoms with Crippen LogP contribution in [0.1, 0.15) is 46.1 Å². The van der Waals surface area contributed by atoms with Gasteiger partial charge in [-0.25, -0.2) is 5.43 Å². The molecule has 1 saturated carbocycles. The van der Waals surface area contributed by atoms with E-state index >= 15 is 0 Å². The van der Waals surface area contributed by atoms with Crippen LogP contribution in [0.4, 0.5) is 0 Å². The van der Waals surface area contributed by atoms with Gasteiger partial charge in [-0.05, 0) is 44.4 Å². The smallest absolute Gasteiger partial charge is 0.313 e. The Bertz CT molecular complexity index is 741. The molecule has 0 aromatic heterocycles. The van der Waals surface area contributed by atoms with Crippen LogP contribution in [-0.2, 0) is 14.3 Å². The van der Waals surface area contributed by atoms with E-state index in [2.05, 4.69) is 26.5 Å². The van der Waals surface area contributed by atoms with Gasteiger partial charge in [-0.3, -0.25) is 9.59 Å². The van der Waals surface area contributed by atoms with E-state index in [0.717, 1.165) is 10.0 Å². The first-order chi connectivity index (χ1) is 11.1. The van der Waals surface area contributed by atoms with Crippen LogP contribution in [0.3, 0.4) is 0 Å². The fourth-order valence-electron chi connectivity index (χ4n) is 3.73. The van der Waals surface area contributed by atoms with E-state index < -0.39 is 16.4 Å². The lowest BCUT2D eigenvalue weighted by Gasteiger charge is -2.34. The van der Waals surface area contributed by atoms with Gasteiger partial charge in [0.15, 0.2) is 5.60 Å². The van der Waals surface area contributed by atoms with Gasteiger partial charge >= 0.3 is 5.97 Å². The van der Waals surface area contributed by atoms with E-state index in [9.17, 15) is 9.59 Å². The highest BCUT2D eigenvalue weighted by Gasteiger charge is 2.75. The summed E-state index contributed by atoms with van der Waals surface area (Å²) in [6.45, 7) is 7.56. The van der Waals surface area contributed by atoms with Crippen molar-refractivity contribution in [3.05, 3.63) is 34.3 Å². The highest BCUT2D eigenvalue weighted by molar-refractivity contribution is 9.10. The normalized spacial score (nSPS) is 31.0. The number of esters is 1. The molecule has 2 fully saturated rings. The predicted octanol–water partition coefficient (Wildman–Crippen LogP) is 3.41. The SMILES string of the molecule is C/C(=N/NC(=O)[C@@]12CC[C@](C)(C(=O)O1)C2(C)C)c1ccc(Br)cc1. The minimum atomic E-state index is -1.14. The molecule has 5 nitrogen and oxygen atoms in total. The number of fused-ring (bicyclic) bond motifs is 2. The minimum absolute atomic E-state index is 0.289. The lowest BCUT2D eigenvalue weighted by molar-refractivity contribution is -0.168. The molecule has 1 heterocycles. The summed E-state index contributed by atoms with van der Waals surface area (Å²) < 4.78 is 6.53. The number of carbonyl (C=O) groups is 2. The van der Waals surface area contributed by atoms with Gasteiger partial charge in [-0.2, -0.15) is 5.10 Å². The molecular weight excluding hydrogens is 372 g/mol. The van der Waals surface area contributed by atoms with Gasteiger partial charge in [-0.15, -0.1) is 0 Å². The molecule has 1 saturated heterocycles. The highest BCUT2D eigenvalue weighted by atomic mass is 79.9. The number of hydrogen-bond donors (Lipinski definition) is 1. The number of rotatable bonds is 3. The summed E-state index contributed by atoms with van der Waals surface area (Å²) in [7, 11) is 0. The summed E-state index contributed by atoms with van der Waals surface area (Å²) in [5.41, 5.74) is 1.89. The molecule has 6 heteroatoms. The molecule has 1 N–H and O–H groups in total. The van der Waals surface area contributed by atoms with Crippen LogP contribution in [-0.4, -0.2) is 23.2 Å². The van der Waals surface area contributed by atoms with Crippen LogP contribution in [0.25, 0.3) is 0 Å². The average Bonchev–Trinajstić information content (AvgIpc) is 2.83. The molecule has 128 valence electrons. The maximum atomic E-state index is 12.8. The monoisotopic (exact) mass is 392 g/mol. The molecule has 0 spiro atoms. The molecule has 2 aliphatic rings. The molecule has 3 rings (SSSR count). The van der Waals surface area contributed by atoms with Crippen molar-refractivity contribution >= 4 is 33.5 Å². The Hall–Kier alpha value is -1.69. The van der Waals surface area contributed by atoms with Gasteiger partial charge < -0.3 is 4.74 Å². The average molecular weight is 393 g/mol. The summed E-state index contributed by atoms with van der Waals surface area (Å²) in [6.07, 6.45) is 1.18. The second-order valence-electron chi connectivity index (χ2n) is 7.32. The van der Waals surface area contributed by atoms with Crippen molar-refractivity contribution < 1.29 is 14.3 Å². The van der Waals surface area contributed by atoms with Crippen LogP contribution >= 0.6 is 15.9 Å². The van der Waals surface area contributed by atoms with Crippen LogP contribution in [0.15, 0.2) is 33.8 Å². The molecule has 2 bridgehead atoms. The van der Waals surface area contributed by atoms with Crippen molar-refractivity contribution in [2.24, 2.45) is 15.9 Å². The van der Waals surface area contributed by atoms with Crippen molar-refractivity contribution in [2.45, 2.75) is 46.1 Å². The molecular formula is C18H21BrN2O3. The molecule has 1 aliphatic heterocycles. The molecule has 1 aromatic carbocycles. The molecule has 1 aliphatic carbocycles. The number of halogens is 1. The number of ether oxygens (including phenoxy) is 1. The third-order valence-electron chi connectivity index (χ3n) is 6.04. The Morgan fingerprint density at radius 3 is 2.33 bits per heavy atom. The fourth-order valence-corrected chi connectivity index (χ4v) is 3.99. The van der Waals surface area contributed by atoms with Gasteiger partial charge in [0.1, 0.15) is 0 Å². The second kappa shape index (κ2) is 5.41. The first-order valence-corrected chi connectivity index (χ1v) is 8.77. The minimum Gasteiger partial charge on any atom is -0.448 e. The number of hydrazone groups is 1. The quantitative estimate of drug-likeness (QED) is 0.486. The van der Waals surface area contributed by atoms with E-state index in [4.69, 9.17) is 4.74 Å². The molecule has 2 atom stereocenters. The van der Waals surface area contributed by atoms with Crippen molar-refractivity contribution in [2.75, 3.05) is 0 Å². The van der Waals surface area contributed by atoms with Crippen molar-refractivity contribution in [1.82, 2.24) is 5.43 Å². The molecule has 1 aromatic rings. The summed E-state index contributed by atoms with van der Waals surface area (Å²) in [5.74, 6) is -0.638. The molecule has 0 unspecified atom stereocenters. The zero-order valence-corrected chi connectivity index (χ0v) is 15.9. The zero-order valence-electron chi connectivity index (χ0n) is 14.3. The Morgan fingerprint density at radius 2 is 1.83 bits per heavy atom. The Labute approximate surface area is 150 Å². The first-order valence-electron chi connectivity index (χ1n) is 7.98. The summed E-state index contributed by atoms with van der Waals surface area (Å²) in [6, 6.07) is 7.66. The summed E-state index contributed by atoms with van der Waals surface area (Å²) in [4.78, 5) is 25.0.